The van der Waals surface area contributed by atoms with Gasteiger partial charge in [0.25, 0.3) is 5.91 Å². The Balaban J connectivity index is 0.00000342. The van der Waals surface area contributed by atoms with Crippen LogP contribution in [0.4, 0.5) is 5.13 Å². The van der Waals surface area contributed by atoms with Crippen LogP contribution in [0.3, 0.4) is 0 Å². The number of rotatable bonds is 7. The number of carbonyl (C=O) groups is 1. The molecule has 2 aromatic carbocycles. The molecule has 0 bridgehead atoms. The van der Waals surface area contributed by atoms with Gasteiger partial charge in [-0.15, -0.1) is 12.4 Å². The van der Waals surface area contributed by atoms with Crippen molar-refractivity contribution in [3.63, 3.8) is 0 Å². The maximum atomic E-state index is 13.6. The second kappa shape index (κ2) is 11.5. The normalized spacial score (nSPS) is 14.8. The number of halogens is 2. The van der Waals surface area contributed by atoms with Gasteiger partial charge in [0.2, 0.25) is 0 Å². The Bertz CT molecular complexity index is 1290. The number of carbonyl (C=O) groups excluding carboxylic acids is 1. The number of sulfone groups is 1. The summed E-state index contributed by atoms with van der Waals surface area (Å²) >= 11 is 7.66. The van der Waals surface area contributed by atoms with Crippen LogP contribution in [0.2, 0.25) is 5.02 Å². The lowest BCUT2D eigenvalue weighted by Gasteiger charge is -2.29. The van der Waals surface area contributed by atoms with Crippen LogP contribution in [0.15, 0.2) is 41.3 Å². The van der Waals surface area contributed by atoms with Crippen molar-refractivity contribution >= 4 is 66.4 Å². The van der Waals surface area contributed by atoms with Crippen LogP contribution < -0.4 is 4.90 Å². The second-order valence-corrected chi connectivity index (χ2v) is 12.5. The second-order valence-electron chi connectivity index (χ2n) is 8.59. The fraction of sp³-hybridized carbons (Fsp3) is 0.417. The standard InChI is InChI=1S/C24H28ClN3O4S2.ClH/c1-16(2)34(30,31)20-6-4-18(5-7-20)23(29)28(9-8-27-10-12-32-13-11-27)24-26-22-17(3)14-19(25)15-21(22)33-24;/h4-7,14-16H,8-13H2,1-3H3;1H. The number of hydrogen-bond acceptors (Lipinski definition) is 7. The molecule has 1 aliphatic heterocycles. The number of thiazole rings is 1. The average molecular weight is 559 g/mol. The van der Waals surface area contributed by atoms with Gasteiger partial charge < -0.3 is 4.74 Å². The van der Waals surface area contributed by atoms with E-state index in [0.717, 1.165) is 28.9 Å². The fourth-order valence-electron chi connectivity index (χ4n) is 3.82. The van der Waals surface area contributed by atoms with E-state index in [2.05, 4.69) is 4.90 Å². The van der Waals surface area contributed by atoms with Crippen molar-refractivity contribution in [2.24, 2.45) is 0 Å². The third-order valence-electron chi connectivity index (χ3n) is 5.91. The van der Waals surface area contributed by atoms with Crippen LogP contribution in [-0.4, -0.2) is 68.9 Å². The molecule has 0 atom stereocenters. The molecule has 190 valence electrons. The van der Waals surface area contributed by atoms with Gasteiger partial charge in [-0.2, -0.15) is 0 Å². The van der Waals surface area contributed by atoms with E-state index in [4.69, 9.17) is 21.3 Å². The average Bonchev–Trinajstić information content (AvgIpc) is 3.24. The zero-order chi connectivity index (χ0) is 24.5. The maximum absolute atomic E-state index is 13.6. The highest BCUT2D eigenvalue weighted by molar-refractivity contribution is 7.92. The minimum Gasteiger partial charge on any atom is -0.379 e. The summed E-state index contributed by atoms with van der Waals surface area (Å²) < 4.78 is 31.3. The van der Waals surface area contributed by atoms with Crippen molar-refractivity contribution < 1.29 is 17.9 Å². The highest BCUT2D eigenvalue weighted by Crippen LogP contribution is 2.33. The first kappa shape index (κ1) is 27.8. The number of hydrogen-bond donors (Lipinski definition) is 0. The van der Waals surface area contributed by atoms with Crippen molar-refractivity contribution in [3.05, 3.63) is 52.5 Å². The Labute approximate surface area is 221 Å². The van der Waals surface area contributed by atoms with Crippen molar-refractivity contribution in [2.75, 3.05) is 44.3 Å². The van der Waals surface area contributed by atoms with Gasteiger partial charge in [0, 0.05) is 36.8 Å². The van der Waals surface area contributed by atoms with Gasteiger partial charge in [0.15, 0.2) is 15.0 Å². The molecule has 0 spiro atoms. The number of fused-ring (bicyclic) bond motifs is 1. The number of amides is 1. The summed E-state index contributed by atoms with van der Waals surface area (Å²) in [5, 5.41) is 0.697. The highest BCUT2D eigenvalue weighted by atomic mass is 35.5. The minimum atomic E-state index is -3.41. The maximum Gasteiger partial charge on any atom is 0.260 e. The van der Waals surface area contributed by atoms with Crippen LogP contribution >= 0.6 is 35.3 Å². The van der Waals surface area contributed by atoms with Gasteiger partial charge in [0.1, 0.15) is 0 Å². The Morgan fingerprint density at radius 1 is 1.20 bits per heavy atom. The first-order valence-electron chi connectivity index (χ1n) is 11.2. The predicted octanol–water partition coefficient (Wildman–Crippen LogP) is 4.84. The summed E-state index contributed by atoms with van der Waals surface area (Å²) in [5.41, 5.74) is 2.19. The van der Waals surface area contributed by atoms with Crippen molar-refractivity contribution in [1.29, 1.82) is 0 Å². The molecule has 0 radical (unpaired) electrons. The molecule has 1 fully saturated rings. The first-order valence-corrected chi connectivity index (χ1v) is 13.9. The van der Waals surface area contributed by atoms with Gasteiger partial charge >= 0.3 is 0 Å². The van der Waals surface area contributed by atoms with E-state index in [1.807, 2.05) is 19.1 Å². The zero-order valence-electron chi connectivity index (χ0n) is 19.9. The van der Waals surface area contributed by atoms with Gasteiger partial charge in [-0.05, 0) is 62.7 Å². The highest BCUT2D eigenvalue weighted by Gasteiger charge is 2.25. The van der Waals surface area contributed by atoms with Gasteiger partial charge in [0.05, 0.1) is 33.6 Å². The van der Waals surface area contributed by atoms with E-state index in [1.54, 1.807) is 30.9 Å². The van der Waals surface area contributed by atoms with E-state index >= 15 is 0 Å². The lowest BCUT2D eigenvalue weighted by Crippen LogP contribution is -2.43. The molecule has 1 aliphatic rings. The number of anilines is 1. The monoisotopic (exact) mass is 557 g/mol. The molecule has 0 saturated carbocycles. The van der Waals surface area contributed by atoms with Gasteiger partial charge in [-0.1, -0.05) is 22.9 Å². The largest absolute Gasteiger partial charge is 0.379 e. The Morgan fingerprint density at radius 3 is 2.49 bits per heavy atom. The Hall–Kier alpha value is -1.75. The minimum absolute atomic E-state index is 0. The first-order chi connectivity index (χ1) is 16.2. The van der Waals surface area contributed by atoms with Crippen molar-refractivity contribution in [3.8, 4) is 0 Å². The fourth-order valence-corrected chi connectivity index (χ4v) is 6.33. The molecule has 7 nitrogen and oxygen atoms in total. The number of benzene rings is 2. The molecule has 1 aromatic heterocycles. The van der Waals surface area contributed by atoms with E-state index < -0.39 is 15.1 Å². The summed E-state index contributed by atoms with van der Waals surface area (Å²) in [6.07, 6.45) is 0. The van der Waals surface area contributed by atoms with Crippen LogP contribution in [-0.2, 0) is 14.6 Å². The third-order valence-corrected chi connectivity index (χ3v) is 9.32. The van der Waals surface area contributed by atoms with Gasteiger partial charge in [-0.3, -0.25) is 14.6 Å². The molecule has 0 unspecified atom stereocenters. The summed E-state index contributed by atoms with van der Waals surface area (Å²) in [5.74, 6) is -0.218. The molecule has 35 heavy (non-hydrogen) atoms. The number of ether oxygens (including phenoxy) is 1. The summed E-state index contributed by atoms with van der Waals surface area (Å²) in [4.78, 5) is 22.5. The number of nitrogens with zero attached hydrogens (tertiary/aromatic N) is 3. The van der Waals surface area contributed by atoms with E-state index in [9.17, 15) is 13.2 Å². The molecule has 0 N–H and O–H groups in total. The molecule has 3 aromatic rings. The third kappa shape index (κ3) is 6.15. The predicted molar refractivity (Wildman–Crippen MR) is 144 cm³/mol. The smallest absolute Gasteiger partial charge is 0.260 e. The van der Waals surface area contributed by atoms with Crippen LogP contribution in [0, 0.1) is 6.92 Å². The lowest BCUT2D eigenvalue weighted by molar-refractivity contribution is 0.0391. The zero-order valence-corrected chi connectivity index (χ0v) is 23.1. The van der Waals surface area contributed by atoms with Crippen LogP contribution in [0.1, 0.15) is 29.8 Å². The number of morpholine rings is 1. The summed E-state index contributed by atoms with van der Waals surface area (Å²) in [6, 6.07) is 9.89. The molecule has 1 saturated heterocycles. The molecule has 4 rings (SSSR count). The molecule has 0 aliphatic carbocycles. The number of aryl methyl sites for hydroxylation is 1. The number of aromatic nitrogens is 1. The Morgan fingerprint density at radius 2 is 1.86 bits per heavy atom. The summed E-state index contributed by atoms with van der Waals surface area (Å²) in [6.45, 7) is 9.37. The van der Waals surface area contributed by atoms with E-state index in [-0.39, 0.29) is 23.2 Å². The van der Waals surface area contributed by atoms with E-state index in [0.29, 0.717) is 42.0 Å². The molecule has 1 amide bonds. The van der Waals surface area contributed by atoms with E-state index in [1.165, 1.54) is 23.5 Å². The summed E-state index contributed by atoms with van der Waals surface area (Å²) in [7, 11) is -3.41. The van der Waals surface area contributed by atoms with Crippen LogP contribution in [0.5, 0.6) is 0 Å². The lowest BCUT2D eigenvalue weighted by atomic mass is 10.2. The quantitative estimate of drug-likeness (QED) is 0.413. The molecular formula is C24H29Cl2N3O4S2. The van der Waals surface area contributed by atoms with Crippen molar-refractivity contribution in [1.82, 2.24) is 9.88 Å². The molecule has 11 heteroatoms. The topological polar surface area (TPSA) is 79.8 Å². The molecule has 2 heterocycles. The van der Waals surface area contributed by atoms with Gasteiger partial charge in [-0.25, -0.2) is 13.4 Å². The molecular weight excluding hydrogens is 529 g/mol. The SMILES string of the molecule is Cc1cc(Cl)cc2sc(N(CCN3CCOCC3)C(=O)c3ccc(S(=O)(=O)C(C)C)cc3)nc12.Cl. The Kier molecular flexibility index (Phi) is 9.17. The van der Waals surface area contributed by atoms with Crippen LogP contribution in [0.25, 0.3) is 10.2 Å². The van der Waals surface area contributed by atoms with Crippen molar-refractivity contribution in [2.45, 2.75) is 30.9 Å².